The number of rotatable bonds is 3. The molecule has 0 saturated carbocycles. The van der Waals surface area contributed by atoms with E-state index in [1.165, 1.54) is 22.4 Å². The highest BCUT2D eigenvalue weighted by molar-refractivity contribution is 5.86. The fourth-order valence-corrected chi connectivity index (χ4v) is 3.06. The van der Waals surface area contributed by atoms with Crippen LogP contribution >= 0.6 is 0 Å². The standard InChI is InChI=1S/C23H19F3/c1-17(21-15-7-12-19-11-4-5-14-22(19)21)8-2-3-9-18-10-6-13-20(16-18)23(24,25)26/h4-7,10-17H,2,8H2,1H3. The van der Waals surface area contributed by atoms with Crippen LogP contribution in [0.1, 0.15) is 42.4 Å². The molecule has 0 radical (unpaired) electrons. The van der Waals surface area contributed by atoms with Crippen molar-refractivity contribution in [1.29, 1.82) is 0 Å². The molecule has 0 aliphatic rings. The van der Waals surface area contributed by atoms with Crippen LogP contribution in [-0.2, 0) is 6.18 Å². The molecule has 0 heterocycles. The number of benzene rings is 3. The van der Waals surface area contributed by atoms with Gasteiger partial charge in [-0.2, -0.15) is 13.2 Å². The Labute approximate surface area is 151 Å². The Balaban J connectivity index is 1.68. The van der Waals surface area contributed by atoms with Crippen molar-refractivity contribution in [3.63, 3.8) is 0 Å². The zero-order chi connectivity index (χ0) is 18.6. The molecule has 3 heteroatoms. The third-order valence-corrected chi connectivity index (χ3v) is 4.48. The first-order valence-corrected chi connectivity index (χ1v) is 8.59. The lowest BCUT2D eigenvalue weighted by atomic mass is 9.91. The van der Waals surface area contributed by atoms with E-state index in [0.717, 1.165) is 18.6 Å². The van der Waals surface area contributed by atoms with E-state index in [0.29, 0.717) is 17.9 Å². The smallest absolute Gasteiger partial charge is 0.166 e. The molecule has 3 aromatic rings. The van der Waals surface area contributed by atoms with Gasteiger partial charge in [0.1, 0.15) is 0 Å². The van der Waals surface area contributed by atoms with Crippen molar-refractivity contribution >= 4 is 10.8 Å². The fraction of sp³-hybridized carbons (Fsp3) is 0.217. The second-order valence-electron chi connectivity index (χ2n) is 6.39. The number of fused-ring (bicyclic) bond motifs is 1. The molecule has 132 valence electrons. The first kappa shape index (κ1) is 18.1. The van der Waals surface area contributed by atoms with Crippen molar-refractivity contribution in [2.24, 2.45) is 0 Å². The average molecular weight is 352 g/mol. The van der Waals surface area contributed by atoms with Crippen molar-refractivity contribution in [3.05, 3.63) is 83.4 Å². The van der Waals surface area contributed by atoms with Gasteiger partial charge in [-0.25, -0.2) is 0 Å². The maximum Gasteiger partial charge on any atom is 0.416 e. The van der Waals surface area contributed by atoms with Gasteiger partial charge in [0.2, 0.25) is 0 Å². The highest BCUT2D eigenvalue weighted by Crippen LogP contribution is 2.30. The Kier molecular flexibility index (Phi) is 5.32. The van der Waals surface area contributed by atoms with E-state index < -0.39 is 11.7 Å². The topological polar surface area (TPSA) is 0 Å². The summed E-state index contributed by atoms with van der Waals surface area (Å²) in [5.41, 5.74) is 1.02. The maximum absolute atomic E-state index is 12.7. The highest BCUT2D eigenvalue weighted by atomic mass is 19.4. The third-order valence-electron chi connectivity index (χ3n) is 4.48. The molecular formula is C23H19F3. The van der Waals surface area contributed by atoms with E-state index in [9.17, 15) is 13.2 Å². The van der Waals surface area contributed by atoms with Crippen LogP contribution in [0.25, 0.3) is 10.8 Å². The summed E-state index contributed by atoms with van der Waals surface area (Å²) in [7, 11) is 0. The highest BCUT2D eigenvalue weighted by Gasteiger charge is 2.30. The molecule has 0 spiro atoms. The zero-order valence-corrected chi connectivity index (χ0v) is 14.5. The van der Waals surface area contributed by atoms with E-state index in [1.807, 2.05) is 12.1 Å². The fourth-order valence-electron chi connectivity index (χ4n) is 3.06. The van der Waals surface area contributed by atoms with Gasteiger partial charge in [-0.15, -0.1) is 0 Å². The van der Waals surface area contributed by atoms with Gasteiger partial charge in [0.05, 0.1) is 5.56 Å². The summed E-state index contributed by atoms with van der Waals surface area (Å²) in [6, 6.07) is 19.7. The normalized spacial score (nSPS) is 12.5. The molecule has 0 amide bonds. The zero-order valence-electron chi connectivity index (χ0n) is 14.5. The van der Waals surface area contributed by atoms with Crippen LogP contribution < -0.4 is 0 Å². The van der Waals surface area contributed by atoms with Crippen LogP contribution in [0.4, 0.5) is 13.2 Å². The van der Waals surface area contributed by atoms with Crippen LogP contribution in [0.3, 0.4) is 0 Å². The van der Waals surface area contributed by atoms with Crippen LogP contribution in [0.5, 0.6) is 0 Å². The predicted octanol–water partition coefficient (Wildman–Crippen LogP) is 6.79. The van der Waals surface area contributed by atoms with E-state index in [-0.39, 0.29) is 0 Å². The summed E-state index contributed by atoms with van der Waals surface area (Å²) in [6.07, 6.45) is -2.83. The van der Waals surface area contributed by atoms with Crippen molar-refractivity contribution < 1.29 is 13.2 Å². The predicted molar refractivity (Wildman–Crippen MR) is 99.9 cm³/mol. The summed E-state index contributed by atoms with van der Waals surface area (Å²) < 4.78 is 38.2. The van der Waals surface area contributed by atoms with Gasteiger partial charge in [0.25, 0.3) is 0 Å². The summed E-state index contributed by atoms with van der Waals surface area (Å²) in [5, 5.41) is 2.46. The molecule has 0 saturated heterocycles. The molecule has 0 nitrogen and oxygen atoms in total. The molecular weight excluding hydrogens is 333 g/mol. The summed E-state index contributed by atoms with van der Waals surface area (Å²) in [6.45, 7) is 2.16. The van der Waals surface area contributed by atoms with Crippen LogP contribution in [-0.4, -0.2) is 0 Å². The van der Waals surface area contributed by atoms with Gasteiger partial charge in [0.15, 0.2) is 0 Å². The van der Waals surface area contributed by atoms with Crippen LogP contribution in [0.15, 0.2) is 66.7 Å². The van der Waals surface area contributed by atoms with Crippen LogP contribution in [0.2, 0.25) is 0 Å². The quantitative estimate of drug-likeness (QED) is 0.455. The SMILES string of the molecule is CC(CCC#Cc1cccc(C(F)(F)F)c1)c1cccc2ccccc12. The lowest BCUT2D eigenvalue weighted by Crippen LogP contribution is -2.04. The van der Waals surface area contributed by atoms with Gasteiger partial charge in [-0.3, -0.25) is 0 Å². The van der Waals surface area contributed by atoms with E-state index in [1.54, 1.807) is 6.07 Å². The minimum atomic E-state index is -4.33. The molecule has 1 unspecified atom stereocenters. The first-order chi connectivity index (χ1) is 12.4. The Bertz CT molecular complexity index is 953. The second-order valence-corrected chi connectivity index (χ2v) is 6.39. The van der Waals surface area contributed by atoms with Crippen LogP contribution in [0, 0.1) is 11.8 Å². The van der Waals surface area contributed by atoms with Crippen molar-refractivity contribution in [3.8, 4) is 11.8 Å². The van der Waals surface area contributed by atoms with E-state index in [4.69, 9.17) is 0 Å². The Hall–Kier alpha value is -2.73. The lowest BCUT2D eigenvalue weighted by molar-refractivity contribution is -0.137. The molecule has 0 aromatic heterocycles. The number of alkyl halides is 3. The first-order valence-electron chi connectivity index (χ1n) is 8.59. The minimum Gasteiger partial charge on any atom is -0.166 e. The van der Waals surface area contributed by atoms with E-state index in [2.05, 4.69) is 49.1 Å². The minimum absolute atomic E-state index is 0.330. The van der Waals surface area contributed by atoms with Gasteiger partial charge in [0, 0.05) is 12.0 Å². The molecule has 26 heavy (non-hydrogen) atoms. The van der Waals surface area contributed by atoms with Gasteiger partial charge in [-0.1, -0.05) is 67.3 Å². The number of hydrogen-bond acceptors (Lipinski definition) is 0. The number of halogens is 3. The van der Waals surface area contributed by atoms with E-state index >= 15 is 0 Å². The van der Waals surface area contributed by atoms with Gasteiger partial charge >= 0.3 is 6.18 Å². The maximum atomic E-state index is 12.7. The largest absolute Gasteiger partial charge is 0.416 e. The average Bonchev–Trinajstić information content (AvgIpc) is 2.64. The summed E-state index contributed by atoms with van der Waals surface area (Å²) in [5.74, 6) is 6.19. The Morgan fingerprint density at radius 1 is 0.923 bits per heavy atom. The van der Waals surface area contributed by atoms with Crippen molar-refractivity contribution in [1.82, 2.24) is 0 Å². The summed E-state index contributed by atoms with van der Waals surface area (Å²) in [4.78, 5) is 0. The lowest BCUT2D eigenvalue weighted by Gasteiger charge is -2.13. The molecule has 3 aromatic carbocycles. The monoisotopic (exact) mass is 352 g/mol. The summed E-state index contributed by atoms with van der Waals surface area (Å²) >= 11 is 0. The Morgan fingerprint density at radius 2 is 1.65 bits per heavy atom. The Morgan fingerprint density at radius 3 is 2.46 bits per heavy atom. The second kappa shape index (κ2) is 7.66. The van der Waals surface area contributed by atoms with Crippen molar-refractivity contribution in [2.45, 2.75) is 31.9 Å². The number of hydrogen-bond donors (Lipinski definition) is 0. The molecule has 1 atom stereocenters. The molecule has 0 fully saturated rings. The molecule has 0 bridgehead atoms. The third kappa shape index (κ3) is 4.26. The van der Waals surface area contributed by atoms with Crippen molar-refractivity contribution in [2.75, 3.05) is 0 Å². The molecule has 0 N–H and O–H groups in total. The van der Waals surface area contributed by atoms with Gasteiger partial charge in [-0.05, 0) is 46.9 Å². The molecule has 3 rings (SSSR count). The molecule has 0 aliphatic heterocycles. The molecule has 0 aliphatic carbocycles. The van der Waals surface area contributed by atoms with Gasteiger partial charge < -0.3 is 0 Å².